The number of methoxy groups -OCH3 is 2. The number of piperidine rings is 1. The summed E-state index contributed by atoms with van der Waals surface area (Å²) < 4.78 is 38.7. The first-order valence-corrected chi connectivity index (χ1v) is 18.4. The Bertz CT molecular complexity index is 861. The van der Waals surface area contributed by atoms with Crippen LogP contribution in [-0.2, 0) is 28.4 Å². The summed E-state index contributed by atoms with van der Waals surface area (Å²) in [4.78, 5) is 0. The number of hydrogen-bond acceptors (Lipinski definition) is 8. The smallest absolute Gasteiger partial charge is 0.137 e. The van der Waals surface area contributed by atoms with Gasteiger partial charge in [-0.3, -0.25) is 5.73 Å². The summed E-state index contributed by atoms with van der Waals surface area (Å²) in [6, 6.07) is 0. The van der Waals surface area contributed by atoms with E-state index in [1.807, 2.05) is 7.11 Å². The quantitative estimate of drug-likeness (QED) is 0.284. The van der Waals surface area contributed by atoms with Crippen molar-refractivity contribution in [3.63, 3.8) is 0 Å². The third kappa shape index (κ3) is 8.01. The molecule has 0 amide bonds. The van der Waals surface area contributed by atoms with Gasteiger partial charge >= 0.3 is 0 Å². The van der Waals surface area contributed by atoms with Crippen LogP contribution in [0.5, 0.6) is 0 Å². The van der Waals surface area contributed by atoms with Crippen LogP contribution in [0.3, 0.4) is 0 Å². The minimum atomic E-state index is -0.446. The molecule has 3 aliphatic carbocycles. The molecule has 0 aromatic heterocycles. The molecule has 3 heterocycles. The van der Waals surface area contributed by atoms with Crippen LogP contribution >= 0.6 is 0 Å². The van der Waals surface area contributed by atoms with Crippen molar-refractivity contribution in [2.45, 2.75) is 151 Å². The van der Waals surface area contributed by atoms with Crippen molar-refractivity contribution in [1.82, 2.24) is 0 Å². The zero-order chi connectivity index (χ0) is 30.5. The van der Waals surface area contributed by atoms with Crippen LogP contribution in [0, 0.1) is 29.6 Å². The highest BCUT2D eigenvalue weighted by atomic mass is 16.5. The second kappa shape index (κ2) is 16.2. The Balaban J connectivity index is 1.21. The second-order valence-electron chi connectivity index (χ2n) is 15.1. The minimum Gasteiger partial charge on any atom is -0.392 e. The number of hydrogen-bond donors (Lipinski definition) is 3. The summed E-state index contributed by atoms with van der Waals surface area (Å²) >= 11 is 0. The number of ether oxygens (including phenoxy) is 6. The van der Waals surface area contributed by atoms with Crippen molar-refractivity contribution in [2.24, 2.45) is 35.3 Å². The molecule has 9 heteroatoms. The van der Waals surface area contributed by atoms with Gasteiger partial charge in [0.2, 0.25) is 0 Å². The Kier molecular flexibility index (Phi) is 12.3. The largest absolute Gasteiger partial charge is 0.392 e. The molecule has 0 aromatic rings. The lowest BCUT2D eigenvalue weighted by Crippen LogP contribution is -2.94. The van der Waals surface area contributed by atoms with E-state index in [2.05, 4.69) is 5.32 Å². The van der Waals surface area contributed by atoms with Crippen molar-refractivity contribution in [3.05, 3.63) is 0 Å². The fraction of sp³-hybridized carbons (Fsp3) is 1.00. The monoisotopic (exact) mass is 623 g/mol. The molecule has 5 N–H and O–H groups in total. The van der Waals surface area contributed by atoms with E-state index in [-0.39, 0.29) is 66.5 Å². The van der Waals surface area contributed by atoms with Crippen molar-refractivity contribution in [1.29, 1.82) is 0 Å². The molecule has 0 aromatic carbocycles. The molecule has 3 saturated heterocycles. The summed E-state index contributed by atoms with van der Waals surface area (Å²) in [7, 11) is 3.61. The van der Waals surface area contributed by atoms with Crippen LogP contribution in [0.1, 0.15) is 96.3 Å². The molecule has 3 aliphatic heterocycles. The highest BCUT2D eigenvalue weighted by molar-refractivity contribution is 5.03. The predicted molar refractivity (Wildman–Crippen MR) is 167 cm³/mol. The van der Waals surface area contributed by atoms with E-state index >= 15 is 0 Å². The summed E-state index contributed by atoms with van der Waals surface area (Å²) in [5.41, 5.74) is 6.29. The maximum atomic E-state index is 12.2. The van der Waals surface area contributed by atoms with E-state index < -0.39 is 6.10 Å². The first-order chi connectivity index (χ1) is 21.5. The maximum Gasteiger partial charge on any atom is 0.137 e. The molecular formula is C35H63N2O7+. The molecule has 0 radical (unpaired) electrons. The summed E-state index contributed by atoms with van der Waals surface area (Å²) in [6.45, 7) is 3.12. The first kappa shape index (κ1) is 33.5. The molecular weight excluding hydrogens is 560 g/mol. The summed E-state index contributed by atoms with van der Waals surface area (Å²) in [6.07, 6.45) is 16.9. The van der Waals surface area contributed by atoms with E-state index in [4.69, 9.17) is 34.2 Å². The zero-order valence-electron chi connectivity index (χ0n) is 27.6. The van der Waals surface area contributed by atoms with Crippen molar-refractivity contribution >= 4 is 0 Å². The highest BCUT2D eigenvalue weighted by Crippen LogP contribution is 2.49. The van der Waals surface area contributed by atoms with Crippen LogP contribution < -0.4 is 11.1 Å². The molecule has 6 rings (SSSR count). The van der Waals surface area contributed by atoms with Crippen LogP contribution in [0.25, 0.3) is 0 Å². The Morgan fingerprint density at radius 1 is 0.818 bits per heavy atom. The normalized spacial score (nSPS) is 45.1. The van der Waals surface area contributed by atoms with Gasteiger partial charge < -0.3 is 38.8 Å². The van der Waals surface area contributed by atoms with E-state index in [1.54, 1.807) is 7.11 Å². The lowest BCUT2D eigenvalue weighted by Gasteiger charge is -2.55. The molecule has 0 spiro atoms. The maximum absolute atomic E-state index is 12.2. The molecule has 44 heavy (non-hydrogen) atoms. The van der Waals surface area contributed by atoms with Crippen molar-refractivity contribution < 1.29 is 38.8 Å². The van der Waals surface area contributed by atoms with Gasteiger partial charge in [0, 0.05) is 57.5 Å². The third-order valence-corrected chi connectivity index (χ3v) is 12.4. The van der Waals surface area contributed by atoms with Crippen molar-refractivity contribution in [3.8, 4) is 0 Å². The fourth-order valence-corrected chi connectivity index (χ4v) is 10.0. The van der Waals surface area contributed by atoms with Crippen molar-refractivity contribution in [2.75, 3.05) is 40.6 Å². The summed E-state index contributed by atoms with van der Waals surface area (Å²) in [5.74, 6) is 1.01. The van der Waals surface area contributed by atoms with Gasteiger partial charge in [0.15, 0.2) is 0 Å². The molecule has 0 bridgehead atoms. The van der Waals surface area contributed by atoms with Crippen LogP contribution in [-0.4, -0.2) is 101 Å². The van der Waals surface area contributed by atoms with Gasteiger partial charge in [0.25, 0.3) is 0 Å². The topological polar surface area (TPSA) is 118 Å². The standard InChI is InChI=1S/C35H62N2O7/c1-39-16-5-8-31-33(28-21-42-29-11-10-25(20-26(29)34(28)38)43-23-6-3-4-7-23)35(27-19-24(40-2)9-12-30(27)44-31)41-17-14-22-13-15-37-32(36)18-22/h22-35,37-38H,3-21,36H2,1-2H3/p+1. The Labute approximate surface area is 265 Å². The van der Waals surface area contributed by atoms with Gasteiger partial charge in [-0.1, -0.05) is 12.8 Å². The van der Waals surface area contributed by atoms with Gasteiger partial charge in [0.05, 0.1) is 62.0 Å². The van der Waals surface area contributed by atoms with Gasteiger partial charge in [0.1, 0.15) is 6.17 Å². The Hall–Kier alpha value is -0.360. The summed E-state index contributed by atoms with van der Waals surface area (Å²) in [5, 5.41) is 14.5. The first-order valence-electron chi connectivity index (χ1n) is 18.4. The lowest BCUT2D eigenvalue weighted by molar-refractivity contribution is -0.699. The molecule has 6 aliphatic rings. The average molecular weight is 624 g/mol. The Morgan fingerprint density at radius 2 is 1.61 bits per heavy atom. The van der Waals surface area contributed by atoms with Gasteiger partial charge in [-0.2, -0.15) is 0 Å². The number of nitrogens with two attached hydrogens (primary N) is 2. The van der Waals surface area contributed by atoms with Crippen LogP contribution in [0.4, 0.5) is 0 Å². The average Bonchev–Trinajstić information content (AvgIpc) is 3.55. The molecule has 13 atom stereocenters. The van der Waals surface area contributed by atoms with E-state index in [1.165, 1.54) is 32.1 Å². The predicted octanol–water partition coefficient (Wildman–Crippen LogP) is 3.15. The lowest BCUT2D eigenvalue weighted by atomic mass is 9.64. The van der Waals surface area contributed by atoms with E-state index in [0.29, 0.717) is 25.2 Å². The highest BCUT2D eigenvalue weighted by Gasteiger charge is 2.55. The van der Waals surface area contributed by atoms with E-state index in [0.717, 1.165) is 77.4 Å². The minimum absolute atomic E-state index is 0.0111. The number of fused-ring (bicyclic) bond motifs is 2. The second-order valence-corrected chi connectivity index (χ2v) is 15.1. The van der Waals surface area contributed by atoms with E-state index in [9.17, 15) is 5.11 Å². The third-order valence-electron chi connectivity index (χ3n) is 12.4. The molecule has 9 nitrogen and oxygen atoms in total. The van der Waals surface area contributed by atoms with Crippen LogP contribution in [0.15, 0.2) is 0 Å². The fourth-order valence-electron chi connectivity index (χ4n) is 10.0. The zero-order valence-corrected chi connectivity index (χ0v) is 27.6. The number of aliphatic hydroxyl groups excluding tert-OH is 1. The van der Waals surface area contributed by atoms with Gasteiger partial charge in [-0.05, 0) is 83.0 Å². The SMILES string of the molecule is COCCCC1OC2CCC(OC)CC2C(OCCC2CC[NH2+]C(N)C2)C1C1COC2CCC(OC3CCCC3)CC2C1O. The molecule has 6 fully saturated rings. The molecule has 13 unspecified atom stereocenters. The van der Waals surface area contributed by atoms with Gasteiger partial charge in [-0.15, -0.1) is 0 Å². The number of quaternary nitrogens is 1. The molecule has 254 valence electrons. The number of aliphatic hydroxyl groups is 1. The van der Waals surface area contributed by atoms with Crippen LogP contribution in [0.2, 0.25) is 0 Å². The molecule has 3 saturated carbocycles. The van der Waals surface area contributed by atoms with Gasteiger partial charge in [-0.25, -0.2) is 0 Å². The Morgan fingerprint density at radius 3 is 2.41 bits per heavy atom. The number of rotatable bonds is 12.